The number of pyridine rings is 1. The van der Waals surface area contributed by atoms with Gasteiger partial charge in [-0.05, 0) is 25.5 Å². The number of hydrogen-bond donors (Lipinski definition) is 2. The fourth-order valence-electron chi connectivity index (χ4n) is 1.97. The molecule has 7 nitrogen and oxygen atoms in total. The van der Waals surface area contributed by atoms with E-state index in [2.05, 4.69) is 15.6 Å². The van der Waals surface area contributed by atoms with Crippen LogP contribution in [-0.4, -0.2) is 43.6 Å². The van der Waals surface area contributed by atoms with E-state index in [-0.39, 0.29) is 17.5 Å². The summed E-state index contributed by atoms with van der Waals surface area (Å²) in [6.07, 6.45) is 1.60. The van der Waals surface area contributed by atoms with Gasteiger partial charge in [0, 0.05) is 6.04 Å². The topological polar surface area (TPSA) is 97.4 Å². The van der Waals surface area contributed by atoms with Crippen molar-refractivity contribution >= 4 is 27.4 Å². The molecule has 0 aromatic carbocycles. The zero-order chi connectivity index (χ0) is 14.6. The maximum Gasteiger partial charge on any atom is 0.412 e. The molecule has 1 amide bonds. The second-order valence-corrected chi connectivity index (χ2v) is 6.75. The van der Waals surface area contributed by atoms with Gasteiger partial charge in [0.15, 0.2) is 9.84 Å². The highest BCUT2D eigenvalue weighted by Gasteiger charge is 2.27. The largest absolute Gasteiger partial charge is 0.450 e. The Labute approximate surface area is 117 Å². The number of amides is 1. The van der Waals surface area contributed by atoms with Crippen LogP contribution < -0.4 is 10.6 Å². The van der Waals surface area contributed by atoms with E-state index in [4.69, 9.17) is 4.74 Å². The van der Waals surface area contributed by atoms with E-state index in [1.807, 2.05) is 0 Å². The first kappa shape index (κ1) is 14.6. The number of carbonyl (C=O) groups excluding carboxylic acids is 1. The SMILES string of the molecule is CCOC(=O)Nc1ccc(NC2CCS(=O)(=O)C2)cn1. The molecule has 0 radical (unpaired) electrons. The molecule has 2 N–H and O–H groups in total. The molecule has 0 spiro atoms. The molecular weight excluding hydrogens is 282 g/mol. The minimum atomic E-state index is -2.90. The summed E-state index contributed by atoms with van der Waals surface area (Å²) in [5.74, 6) is 0.754. The van der Waals surface area contributed by atoms with Gasteiger partial charge < -0.3 is 10.1 Å². The number of anilines is 2. The lowest BCUT2D eigenvalue weighted by atomic mass is 10.2. The highest BCUT2D eigenvalue weighted by atomic mass is 32.2. The highest BCUT2D eigenvalue weighted by molar-refractivity contribution is 7.91. The number of nitrogens with one attached hydrogen (secondary N) is 2. The van der Waals surface area contributed by atoms with Gasteiger partial charge in [-0.3, -0.25) is 5.32 Å². The van der Waals surface area contributed by atoms with Crippen LogP contribution in [0.4, 0.5) is 16.3 Å². The van der Waals surface area contributed by atoms with Gasteiger partial charge in [-0.2, -0.15) is 0 Å². The van der Waals surface area contributed by atoms with Gasteiger partial charge in [-0.25, -0.2) is 18.2 Å². The maximum absolute atomic E-state index is 11.4. The number of rotatable bonds is 4. The van der Waals surface area contributed by atoms with Crippen LogP contribution in [0, 0.1) is 0 Å². The molecule has 0 aliphatic carbocycles. The zero-order valence-electron chi connectivity index (χ0n) is 11.1. The standard InChI is InChI=1S/C12H17N3O4S/c1-2-19-12(16)15-11-4-3-9(7-13-11)14-10-5-6-20(17,18)8-10/h3-4,7,10,14H,2,5-6,8H2,1H3,(H,13,15,16). The van der Waals surface area contributed by atoms with E-state index in [9.17, 15) is 13.2 Å². The normalized spacial score (nSPS) is 20.4. The van der Waals surface area contributed by atoms with Crippen molar-refractivity contribution in [2.75, 3.05) is 28.7 Å². The van der Waals surface area contributed by atoms with E-state index >= 15 is 0 Å². The summed E-state index contributed by atoms with van der Waals surface area (Å²) in [6, 6.07) is 3.29. The molecule has 20 heavy (non-hydrogen) atoms. The first-order chi connectivity index (χ1) is 9.48. The fourth-order valence-corrected chi connectivity index (χ4v) is 3.64. The number of hydrogen-bond acceptors (Lipinski definition) is 6. The van der Waals surface area contributed by atoms with Crippen molar-refractivity contribution in [3.05, 3.63) is 18.3 Å². The smallest absolute Gasteiger partial charge is 0.412 e. The van der Waals surface area contributed by atoms with Crippen molar-refractivity contribution in [2.24, 2.45) is 0 Å². The van der Waals surface area contributed by atoms with E-state index in [0.717, 1.165) is 5.69 Å². The summed E-state index contributed by atoms with van der Waals surface area (Å²) in [6.45, 7) is 2.01. The minimum Gasteiger partial charge on any atom is -0.450 e. The Bertz CT molecular complexity index is 571. The van der Waals surface area contributed by atoms with E-state index < -0.39 is 15.9 Å². The van der Waals surface area contributed by atoms with Crippen LogP contribution >= 0.6 is 0 Å². The predicted octanol–water partition coefficient (Wildman–Crippen LogP) is 1.25. The quantitative estimate of drug-likeness (QED) is 0.868. The van der Waals surface area contributed by atoms with Crippen LogP contribution in [0.1, 0.15) is 13.3 Å². The molecule has 110 valence electrons. The molecule has 1 aliphatic rings. The Balaban J connectivity index is 1.90. The molecule has 2 heterocycles. The van der Waals surface area contributed by atoms with Gasteiger partial charge in [0.2, 0.25) is 0 Å². The average Bonchev–Trinajstić information content (AvgIpc) is 2.71. The van der Waals surface area contributed by atoms with Gasteiger partial charge >= 0.3 is 6.09 Å². The third-order valence-electron chi connectivity index (χ3n) is 2.87. The van der Waals surface area contributed by atoms with E-state index in [1.165, 1.54) is 0 Å². The van der Waals surface area contributed by atoms with Crippen molar-refractivity contribution < 1.29 is 17.9 Å². The van der Waals surface area contributed by atoms with Crippen LogP contribution in [0.3, 0.4) is 0 Å². The Hall–Kier alpha value is -1.83. The molecule has 1 fully saturated rings. The number of ether oxygens (including phenoxy) is 1. The summed E-state index contributed by atoms with van der Waals surface area (Å²) in [5.41, 5.74) is 0.724. The van der Waals surface area contributed by atoms with Crippen molar-refractivity contribution in [1.29, 1.82) is 0 Å². The van der Waals surface area contributed by atoms with Crippen LogP contribution in [0.15, 0.2) is 18.3 Å². The Morgan fingerprint density at radius 2 is 2.30 bits per heavy atom. The van der Waals surface area contributed by atoms with Gasteiger partial charge in [-0.15, -0.1) is 0 Å². The van der Waals surface area contributed by atoms with Gasteiger partial charge in [0.25, 0.3) is 0 Å². The summed E-state index contributed by atoms with van der Waals surface area (Å²) >= 11 is 0. The monoisotopic (exact) mass is 299 g/mol. The lowest BCUT2D eigenvalue weighted by Gasteiger charge is -2.12. The summed E-state index contributed by atoms with van der Waals surface area (Å²) in [4.78, 5) is 15.2. The van der Waals surface area contributed by atoms with Gasteiger partial charge in [0.05, 0.1) is 30.0 Å². The molecule has 1 aliphatic heterocycles. The third kappa shape index (κ3) is 4.09. The Morgan fingerprint density at radius 1 is 1.50 bits per heavy atom. The van der Waals surface area contributed by atoms with E-state index in [1.54, 1.807) is 25.3 Å². The number of carbonyl (C=O) groups is 1. The first-order valence-electron chi connectivity index (χ1n) is 6.35. The molecular formula is C12H17N3O4S. The molecule has 1 atom stereocenters. The highest BCUT2D eigenvalue weighted by Crippen LogP contribution is 2.17. The molecule has 8 heteroatoms. The van der Waals surface area contributed by atoms with Crippen molar-refractivity contribution in [2.45, 2.75) is 19.4 Å². The van der Waals surface area contributed by atoms with Crippen LogP contribution in [0.5, 0.6) is 0 Å². The molecule has 0 bridgehead atoms. The maximum atomic E-state index is 11.4. The van der Waals surface area contributed by atoms with Crippen LogP contribution in [0.25, 0.3) is 0 Å². The van der Waals surface area contributed by atoms with Gasteiger partial charge in [0.1, 0.15) is 5.82 Å². The summed E-state index contributed by atoms with van der Waals surface area (Å²) in [7, 11) is -2.90. The average molecular weight is 299 g/mol. The predicted molar refractivity (Wildman–Crippen MR) is 75.6 cm³/mol. The Kier molecular flexibility index (Phi) is 4.43. The molecule has 0 saturated carbocycles. The molecule has 1 saturated heterocycles. The fraction of sp³-hybridized carbons (Fsp3) is 0.500. The van der Waals surface area contributed by atoms with Gasteiger partial charge in [-0.1, -0.05) is 0 Å². The molecule has 2 rings (SSSR count). The first-order valence-corrected chi connectivity index (χ1v) is 8.17. The molecule has 1 unspecified atom stereocenters. The lowest BCUT2D eigenvalue weighted by Crippen LogP contribution is -2.20. The number of aromatic nitrogens is 1. The van der Waals surface area contributed by atoms with Crippen molar-refractivity contribution in [1.82, 2.24) is 4.98 Å². The molecule has 1 aromatic heterocycles. The van der Waals surface area contributed by atoms with Crippen LogP contribution in [0.2, 0.25) is 0 Å². The number of sulfone groups is 1. The second kappa shape index (κ2) is 6.08. The second-order valence-electron chi connectivity index (χ2n) is 4.52. The van der Waals surface area contributed by atoms with E-state index in [0.29, 0.717) is 18.8 Å². The van der Waals surface area contributed by atoms with Crippen molar-refractivity contribution in [3.63, 3.8) is 0 Å². The third-order valence-corrected chi connectivity index (χ3v) is 4.64. The minimum absolute atomic E-state index is 0.0781. The zero-order valence-corrected chi connectivity index (χ0v) is 11.9. The molecule has 1 aromatic rings. The van der Waals surface area contributed by atoms with Crippen molar-refractivity contribution in [3.8, 4) is 0 Å². The van der Waals surface area contributed by atoms with Crippen LogP contribution in [-0.2, 0) is 14.6 Å². The lowest BCUT2D eigenvalue weighted by molar-refractivity contribution is 0.168. The summed E-state index contributed by atoms with van der Waals surface area (Å²) in [5, 5.41) is 5.60. The number of nitrogens with zero attached hydrogens (tertiary/aromatic N) is 1. The Morgan fingerprint density at radius 3 is 2.85 bits per heavy atom. The summed E-state index contributed by atoms with van der Waals surface area (Å²) < 4.78 is 27.4.